The molecule has 0 saturated carbocycles. The zero-order valence-corrected chi connectivity index (χ0v) is 13.5. The minimum Gasteiger partial charge on any atom is -0.323 e. The highest BCUT2D eigenvalue weighted by molar-refractivity contribution is 6.04. The van der Waals surface area contributed by atoms with Crippen LogP contribution in [0.5, 0.6) is 0 Å². The Kier molecular flexibility index (Phi) is 5.08. The Morgan fingerprint density at radius 3 is 1.83 bits per heavy atom. The topological polar surface area (TPSA) is 153 Å². The van der Waals surface area contributed by atoms with E-state index in [2.05, 4.69) is 10.6 Å². The second kappa shape index (κ2) is 6.31. The van der Waals surface area contributed by atoms with Gasteiger partial charge in [-0.25, -0.2) is 0 Å². The van der Waals surface area contributed by atoms with Crippen molar-refractivity contribution in [3.63, 3.8) is 0 Å². The third-order valence-corrected chi connectivity index (χ3v) is 2.88. The van der Waals surface area contributed by atoms with E-state index in [4.69, 9.17) is 11.5 Å². The van der Waals surface area contributed by atoms with E-state index in [1.54, 1.807) is 0 Å². The lowest BCUT2D eigenvalue weighted by Crippen LogP contribution is -2.46. The van der Waals surface area contributed by atoms with Crippen LogP contribution in [0.1, 0.15) is 27.7 Å². The summed E-state index contributed by atoms with van der Waals surface area (Å²) in [5.41, 5.74) is 9.06. The fraction of sp³-hybridized carbons (Fsp3) is 0.429. The number of non-ortho nitro benzene ring substituents is 1. The number of rotatable bonds is 5. The van der Waals surface area contributed by atoms with Crippen molar-refractivity contribution >= 4 is 28.9 Å². The molecule has 0 aliphatic heterocycles. The quantitative estimate of drug-likeness (QED) is 0.467. The number of nitrogens with zero attached hydrogens (tertiary/aromatic N) is 1. The van der Waals surface area contributed by atoms with Crippen LogP contribution in [0.3, 0.4) is 0 Å². The first-order valence-corrected chi connectivity index (χ1v) is 6.81. The van der Waals surface area contributed by atoms with Gasteiger partial charge < -0.3 is 22.1 Å². The summed E-state index contributed by atoms with van der Waals surface area (Å²) in [4.78, 5) is 34.3. The average molecular weight is 323 g/mol. The van der Waals surface area contributed by atoms with Gasteiger partial charge >= 0.3 is 0 Å². The lowest BCUT2D eigenvalue weighted by Gasteiger charge is -2.22. The van der Waals surface area contributed by atoms with Crippen molar-refractivity contribution in [3.8, 4) is 0 Å². The molecule has 0 fully saturated rings. The first kappa shape index (κ1) is 18.5. The van der Waals surface area contributed by atoms with Crippen molar-refractivity contribution < 1.29 is 14.5 Å². The lowest BCUT2D eigenvalue weighted by atomic mass is 10.1. The lowest BCUT2D eigenvalue weighted by molar-refractivity contribution is -0.384. The molecule has 0 radical (unpaired) electrons. The molecule has 0 atom stereocenters. The van der Waals surface area contributed by atoms with E-state index in [0.717, 1.165) is 6.07 Å². The molecule has 0 bridgehead atoms. The maximum Gasteiger partial charge on any atom is 0.271 e. The SMILES string of the molecule is CC(C)(N)C(=O)Nc1ccc([N+](=O)[O-])cc1NC(=O)C(C)(C)N. The number of hydrogen-bond acceptors (Lipinski definition) is 6. The number of carbonyl (C=O) groups is 2. The highest BCUT2D eigenvalue weighted by Gasteiger charge is 2.26. The van der Waals surface area contributed by atoms with Gasteiger partial charge in [0.15, 0.2) is 0 Å². The Bertz CT molecular complexity index is 644. The van der Waals surface area contributed by atoms with E-state index in [9.17, 15) is 19.7 Å². The largest absolute Gasteiger partial charge is 0.323 e. The number of nitro groups is 1. The molecule has 1 aromatic rings. The summed E-state index contributed by atoms with van der Waals surface area (Å²) >= 11 is 0. The molecule has 9 heteroatoms. The average Bonchev–Trinajstić information content (AvgIpc) is 2.37. The Labute approximate surface area is 133 Å². The first-order chi connectivity index (χ1) is 10.3. The van der Waals surface area contributed by atoms with Crippen LogP contribution in [-0.2, 0) is 9.59 Å². The summed E-state index contributed by atoms with van der Waals surface area (Å²) in [5.74, 6) is -1.06. The van der Waals surface area contributed by atoms with E-state index < -0.39 is 27.8 Å². The molecule has 0 aliphatic rings. The summed E-state index contributed by atoms with van der Waals surface area (Å²) in [7, 11) is 0. The van der Waals surface area contributed by atoms with Crippen LogP contribution < -0.4 is 22.1 Å². The fourth-order valence-corrected chi connectivity index (χ4v) is 1.43. The molecular formula is C14H21N5O4. The van der Waals surface area contributed by atoms with Crippen molar-refractivity contribution in [3.05, 3.63) is 28.3 Å². The first-order valence-electron chi connectivity index (χ1n) is 6.81. The fourth-order valence-electron chi connectivity index (χ4n) is 1.43. The summed E-state index contributed by atoms with van der Waals surface area (Å²) in [6, 6.07) is 3.67. The van der Waals surface area contributed by atoms with E-state index in [1.165, 1.54) is 39.8 Å². The van der Waals surface area contributed by atoms with Crippen molar-refractivity contribution in [2.45, 2.75) is 38.8 Å². The van der Waals surface area contributed by atoms with Gasteiger partial charge in [0.05, 0.1) is 27.4 Å². The predicted molar refractivity (Wildman–Crippen MR) is 86.9 cm³/mol. The highest BCUT2D eigenvalue weighted by Crippen LogP contribution is 2.28. The number of nitro benzene ring substituents is 1. The van der Waals surface area contributed by atoms with Gasteiger partial charge in [0.2, 0.25) is 11.8 Å². The summed E-state index contributed by atoms with van der Waals surface area (Å²) < 4.78 is 0. The zero-order valence-electron chi connectivity index (χ0n) is 13.5. The molecule has 9 nitrogen and oxygen atoms in total. The van der Waals surface area contributed by atoms with Crippen LogP contribution in [0.15, 0.2) is 18.2 Å². The number of amides is 2. The molecule has 0 aliphatic carbocycles. The third-order valence-electron chi connectivity index (χ3n) is 2.88. The number of nitrogens with two attached hydrogens (primary N) is 2. The molecular weight excluding hydrogens is 302 g/mol. The number of hydrogen-bond donors (Lipinski definition) is 4. The van der Waals surface area contributed by atoms with E-state index >= 15 is 0 Å². The molecule has 1 aromatic carbocycles. The van der Waals surface area contributed by atoms with Gasteiger partial charge in [0.1, 0.15) is 0 Å². The van der Waals surface area contributed by atoms with E-state index in [-0.39, 0.29) is 17.1 Å². The Morgan fingerprint density at radius 1 is 1.00 bits per heavy atom. The highest BCUT2D eigenvalue weighted by atomic mass is 16.6. The smallest absolute Gasteiger partial charge is 0.271 e. The van der Waals surface area contributed by atoms with E-state index in [1.807, 2.05) is 0 Å². The van der Waals surface area contributed by atoms with Crippen molar-refractivity contribution in [1.29, 1.82) is 0 Å². The van der Waals surface area contributed by atoms with Gasteiger partial charge in [-0.2, -0.15) is 0 Å². The van der Waals surface area contributed by atoms with Crippen molar-refractivity contribution in [2.24, 2.45) is 11.5 Å². The molecule has 0 heterocycles. The predicted octanol–water partition coefficient (Wildman–Crippen LogP) is 0.946. The normalized spacial score (nSPS) is 11.7. The van der Waals surface area contributed by atoms with Gasteiger partial charge in [-0.3, -0.25) is 19.7 Å². The minimum atomic E-state index is -1.20. The van der Waals surface area contributed by atoms with Crippen LogP contribution in [0.25, 0.3) is 0 Å². The molecule has 0 aromatic heterocycles. The van der Waals surface area contributed by atoms with E-state index in [0.29, 0.717) is 0 Å². The van der Waals surface area contributed by atoms with Crippen LogP contribution in [-0.4, -0.2) is 27.8 Å². The van der Waals surface area contributed by atoms with Crippen LogP contribution in [0.2, 0.25) is 0 Å². The van der Waals surface area contributed by atoms with Gasteiger partial charge in [-0.15, -0.1) is 0 Å². The standard InChI is InChI=1S/C14H21N5O4/c1-13(2,15)11(20)17-9-6-5-8(19(22)23)7-10(9)18-12(21)14(3,4)16/h5-7H,15-16H2,1-4H3,(H,17,20)(H,18,21). The van der Waals surface area contributed by atoms with Crippen molar-refractivity contribution in [2.75, 3.05) is 10.6 Å². The number of nitrogens with one attached hydrogen (secondary N) is 2. The second-order valence-corrected chi connectivity index (χ2v) is 6.34. The molecule has 0 unspecified atom stereocenters. The molecule has 0 spiro atoms. The number of carbonyl (C=O) groups excluding carboxylic acids is 2. The minimum absolute atomic E-state index is 0.0697. The Morgan fingerprint density at radius 2 is 1.43 bits per heavy atom. The number of anilines is 2. The Balaban J connectivity index is 3.22. The molecule has 2 amide bonds. The van der Waals surface area contributed by atoms with Crippen LogP contribution in [0.4, 0.5) is 17.1 Å². The maximum atomic E-state index is 12.0. The van der Waals surface area contributed by atoms with Gasteiger partial charge in [-0.05, 0) is 33.8 Å². The van der Waals surface area contributed by atoms with Crippen LogP contribution >= 0.6 is 0 Å². The van der Waals surface area contributed by atoms with Crippen LogP contribution in [0, 0.1) is 10.1 Å². The van der Waals surface area contributed by atoms with Gasteiger partial charge in [-0.1, -0.05) is 0 Å². The molecule has 23 heavy (non-hydrogen) atoms. The molecule has 126 valence electrons. The molecule has 0 saturated heterocycles. The maximum absolute atomic E-state index is 12.0. The van der Waals surface area contributed by atoms with Gasteiger partial charge in [0, 0.05) is 12.1 Å². The summed E-state index contributed by atoms with van der Waals surface area (Å²) in [6.45, 7) is 5.99. The summed E-state index contributed by atoms with van der Waals surface area (Å²) in [5, 5.41) is 15.9. The Hall–Kier alpha value is -2.52. The summed E-state index contributed by atoms with van der Waals surface area (Å²) in [6.07, 6.45) is 0. The molecule has 6 N–H and O–H groups in total. The van der Waals surface area contributed by atoms with Gasteiger partial charge in [0.25, 0.3) is 5.69 Å². The van der Waals surface area contributed by atoms with Crippen molar-refractivity contribution in [1.82, 2.24) is 0 Å². The monoisotopic (exact) mass is 323 g/mol. The third kappa shape index (κ3) is 5.01. The zero-order chi connectivity index (χ0) is 18.0. The molecule has 1 rings (SSSR count). The number of benzene rings is 1. The second-order valence-electron chi connectivity index (χ2n) is 6.34.